The van der Waals surface area contributed by atoms with Gasteiger partial charge in [-0.15, -0.1) is 0 Å². The van der Waals surface area contributed by atoms with E-state index in [9.17, 15) is 23.1 Å². The van der Waals surface area contributed by atoms with Gasteiger partial charge in [0.2, 0.25) is 0 Å². The van der Waals surface area contributed by atoms with Gasteiger partial charge in [-0.3, -0.25) is 4.79 Å². The quantitative estimate of drug-likeness (QED) is 0.809. The van der Waals surface area contributed by atoms with Gasteiger partial charge < -0.3 is 14.6 Å². The van der Waals surface area contributed by atoms with Crippen LogP contribution < -0.4 is 5.32 Å². The van der Waals surface area contributed by atoms with Crippen LogP contribution in [-0.4, -0.2) is 29.5 Å². The second-order valence-electron chi connectivity index (χ2n) is 4.53. The second kappa shape index (κ2) is 7.00. The molecule has 1 aromatic carbocycles. The maximum atomic E-state index is 12.8. The number of carbonyl (C=O) groups is 1. The molecule has 1 aromatic rings. The number of halogens is 3. The highest BCUT2D eigenvalue weighted by Gasteiger charge is 2.35. The third-order valence-corrected chi connectivity index (χ3v) is 3.00. The number of benzene rings is 1. The number of hydrogen-bond donors (Lipinski definition) is 2. The van der Waals surface area contributed by atoms with E-state index >= 15 is 0 Å². The fraction of sp³-hybridized carbons (Fsp3) is 0.385. The van der Waals surface area contributed by atoms with Crippen LogP contribution in [-0.2, 0) is 15.2 Å². The molecule has 0 aliphatic heterocycles. The lowest BCUT2D eigenvalue weighted by molar-refractivity contribution is -0.138. The van der Waals surface area contributed by atoms with Crippen molar-refractivity contribution in [2.24, 2.45) is 0 Å². The van der Waals surface area contributed by atoms with Gasteiger partial charge in [-0.25, -0.2) is 0 Å². The SMILES string of the molecule is CSOCC(C)(O)C(=O)Nc1ccc(C#N)c(C(F)(F)F)c1. The molecule has 0 bridgehead atoms. The maximum absolute atomic E-state index is 12.8. The van der Waals surface area contributed by atoms with Crippen molar-refractivity contribution in [3.8, 4) is 6.07 Å². The number of aliphatic hydroxyl groups is 1. The van der Waals surface area contributed by atoms with E-state index < -0.39 is 28.8 Å². The van der Waals surface area contributed by atoms with E-state index in [4.69, 9.17) is 9.44 Å². The molecule has 1 amide bonds. The molecular formula is C13H13F3N2O3S. The van der Waals surface area contributed by atoms with Gasteiger partial charge in [0.05, 0.1) is 23.8 Å². The monoisotopic (exact) mass is 334 g/mol. The Kier molecular flexibility index (Phi) is 5.82. The molecule has 1 atom stereocenters. The Hall–Kier alpha value is -1.76. The largest absolute Gasteiger partial charge is 0.417 e. The molecule has 120 valence electrons. The number of amides is 1. The first-order valence-corrected chi connectivity index (χ1v) is 7.07. The topological polar surface area (TPSA) is 82.3 Å². The molecule has 0 saturated heterocycles. The zero-order valence-electron chi connectivity index (χ0n) is 11.7. The third kappa shape index (κ3) is 4.62. The summed E-state index contributed by atoms with van der Waals surface area (Å²) >= 11 is 0.938. The summed E-state index contributed by atoms with van der Waals surface area (Å²) in [6, 6.07) is 4.18. The van der Waals surface area contributed by atoms with Crippen molar-refractivity contribution in [3.05, 3.63) is 29.3 Å². The molecule has 0 spiro atoms. The molecule has 0 saturated carbocycles. The van der Waals surface area contributed by atoms with Gasteiger partial charge in [-0.05, 0) is 37.2 Å². The number of nitriles is 1. The first-order valence-electron chi connectivity index (χ1n) is 5.92. The average molecular weight is 334 g/mol. The summed E-state index contributed by atoms with van der Waals surface area (Å²) in [7, 11) is 0. The van der Waals surface area contributed by atoms with E-state index in [0.29, 0.717) is 6.07 Å². The fourth-order valence-corrected chi connectivity index (χ4v) is 1.81. The molecule has 9 heteroatoms. The van der Waals surface area contributed by atoms with Crippen LogP contribution in [0.15, 0.2) is 18.2 Å². The lowest BCUT2D eigenvalue weighted by Crippen LogP contribution is -2.43. The summed E-state index contributed by atoms with van der Waals surface area (Å²) in [5.41, 5.74) is -3.80. The Labute approximate surface area is 129 Å². The van der Waals surface area contributed by atoms with Gasteiger partial charge in [0, 0.05) is 11.9 Å². The predicted octanol–water partition coefficient (Wildman–Crippen LogP) is 2.56. The summed E-state index contributed by atoms with van der Waals surface area (Å²) in [6.07, 6.45) is -3.14. The van der Waals surface area contributed by atoms with Crippen molar-refractivity contribution in [1.29, 1.82) is 5.26 Å². The molecule has 0 aromatic heterocycles. The van der Waals surface area contributed by atoms with Crippen LogP contribution in [0.1, 0.15) is 18.1 Å². The molecular weight excluding hydrogens is 321 g/mol. The van der Waals surface area contributed by atoms with Crippen LogP contribution in [0.25, 0.3) is 0 Å². The van der Waals surface area contributed by atoms with Crippen molar-refractivity contribution < 1.29 is 27.3 Å². The van der Waals surface area contributed by atoms with Crippen molar-refractivity contribution in [2.75, 3.05) is 18.2 Å². The van der Waals surface area contributed by atoms with Gasteiger partial charge in [0.1, 0.15) is 0 Å². The van der Waals surface area contributed by atoms with Crippen LogP contribution in [0.5, 0.6) is 0 Å². The number of hydrogen-bond acceptors (Lipinski definition) is 5. The lowest BCUT2D eigenvalue weighted by atomic mass is 10.1. The standard InChI is InChI=1S/C13H13F3N2O3S/c1-12(20,7-21-22-2)11(19)18-9-4-3-8(6-17)10(5-9)13(14,15)16/h3-5,20H,7H2,1-2H3,(H,18,19). The number of nitrogens with one attached hydrogen (secondary N) is 1. The summed E-state index contributed by atoms with van der Waals surface area (Å²) in [4.78, 5) is 11.9. The van der Waals surface area contributed by atoms with Crippen LogP contribution in [0, 0.1) is 11.3 Å². The molecule has 0 heterocycles. The Morgan fingerprint density at radius 3 is 2.64 bits per heavy atom. The number of alkyl halides is 3. The zero-order chi connectivity index (χ0) is 17.0. The normalized spacial score (nSPS) is 14.0. The smallest absolute Gasteiger partial charge is 0.378 e. The molecule has 0 fully saturated rings. The fourth-order valence-electron chi connectivity index (χ4n) is 1.46. The summed E-state index contributed by atoms with van der Waals surface area (Å²) in [5, 5.41) is 20.7. The van der Waals surface area contributed by atoms with Crippen molar-refractivity contribution in [2.45, 2.75) is 18.7 Å². The molecule has 22 heavy (non-hydrogen) atoms. The minimum atomic E-state index is -4.73. The van der Waals surface area contributed by atoms with Crippen molar-refractivity contribution >= 4 is 23.6 Å². The average Bonchev–Trinajstić information content (AvgIpc) is 2.44. The third-order valence-electron chi connectivity index (χ3n) is 2.65. The predicted molar refractivity (Wildman–Crippen MR) is 74.9 cm³/mol. The number of carbonyl (C=O) groups excluding carboxylic acids is 1. The van der Waals surface area contributed by atoms with Gasteiger partial charge in [-0.2, -0.15) is 18.4 Å². The van der Waals surface area contributed by atoms with E-state index in [1.165, 1.54) is 13.0 Å². The molecule has 0 aliphatic rings. The molecule has 2 N–H and O–H groups in total. The van der Waals surface area contributed by atoms with Gasteiger partial charge >= 0.3 is 6.18 Å². The van der Waals surface area contributed by atoms with Crippen LogP contribution in [0.4, 0.5) is 18.9 Å². The van der Waals surface area contributed by atoms with E-state index in [1.807, 2.05) is 0 Å². The first-order chi connectivity index (χ1) is 10.1. The Balaban J connectivity index is 3.00. The van der Waals surface area contributed by atoms with E-state index in [0.717, 1.165) is 24.2 Å². The first kappa shape index (κ1) is 18.3. The van der Waals surface area contributed by atoms with E-state index in [1.54, 1.807) is 6.26 Å². The number of nitrogens with zero attached hydrogens (tertiary/aromatic N) is 1. The highest BCUT2D eigenvalue weighted by molar-refractivity contribution is 7.93. The van der Waals surface area contributed by atoms with Crippen molar-refractivity contribution in [3.63, 3.8) is 0 Å². The Morgan fingerprint density at radius 1 is 1.50 bits per heavy atom. The van der Waals surface area contributed by atoms with Gasteiger partial charge in [0.15, 0.2) is 5.60 Å². The van der Waals surface area contributed by atoms with Crippen LogP contribution >= 0.6 is 12.0 Å². The summed E-state index contributed by atoms with van der Waals surface area (Å²) < 4.78 is 43.3. The molecule has 1 rings (SSSR count). The molecule has 0 radical (unpaired) electrons. The highest BCUT2D eigenvalue weighted by atomic mass is 32.2. The summed E-state index contributed by atoms with van der Waals surface area (Å²) in [5.74, 6) is -0.917. The van der Waals surface area contributed by atoms with Crippen LogP contribution in [0.3, 0.4) is 0 Å². The van der Waals surface area contributed by atoms with Gasteiger partial charge in [-0.1, -0.05) is 0 Å². The molecule has 1 unspecified atom stereocenters. The van der Waals surface area contributed by atoms with Gasteiger partial charge in [0.25, 0.3) is 5.91 Å². The molecule has 5 nitrogen and oxygen atoms in total. The molecule has 0 aliphatic carbocycles. The summed E-state index contributed by atoms with van der Waals surface area (Å²) in [6.45, 7) is 0.843. The van der Waals surface area contributed by atoms with Crippen LogP contribution in [0.2, 0.25) is 0 Å². The van der Waals surface area contributed by atoms with E-state index in [-0.39, 0.29) is 12.3 Å². The Morgan fingerprint density at radius 2 is 2.14 bits per heavy atom. The minimum absolute atomic E-state index is 0.180. The maximum Gasteiger partial charge on any atom is 0.417 e. The Bertz CT molecular complexity index is 597. The second-order valence-corrected chi connectivity index (χ2v) is 5.10. The highest BCUT2D eigenvalue weighted by Crippen LogP contribution is 2.33. The number of rotatable bonds is 5. The minimum Gasteiger partial charge on any atom is -0.378 e. The zero-order valence-corrected chi connectivity index (χ0v) is 12.5. The van der Waals surface area contributed by atoms with E-state index in [2.05, 4.69) is 5.32 Å². The van der Waals surface area contributed by atoms with Crippen molar-refractivity contribution in [1.82, 2.24) is 0 Å². The number of anilines is 1. The lowest BCUT2D eigenvalue weighted by Gasteiger charge is -2.21.